The number of amides is 3. The molecule has 8 heteroatoms. The molecule has 0 saturated heterocycles. The van der Waals surface area contributed by atoms with Crippen LogP contribution in [0.25, 0.3) is 10.6 Å². The lowest BCUT2D eigenvalue weighted by molar-refractivity contribution is 0.0698. The van der Waals surface area contributed by atoms with Crippen LogP contribution in [0.2, 0.25) is 0 Å². The second-order valence-electron chi connectivity index (χ2n) is 7.87. The van der Waals surface area contributed by atoms with Gasteiger partial charge < -0.3 is 9.80 Å². The molecule has 0 unspecified atom stereocenters. The highest BCUT2D eigenvalue weighted by Gasteiger charge is 2.40. The molecule has 1 saturated carbocycles. The van der Waals surface area contributed by atoms with Crippen LogP contribution in [-0.2, 0) is 6.54 Å². The van der Waals surface area contributed by atoms with Crippen molar-refractivity contribution in [2.24, 2.45) is 5.92 Å². The summed E-state index contributed by atoms with van der Waals surface area (Å²) in [4.78, 5) is 39.0. The minimum Gasteiger partial charge on any atom is -0.331 e. The Morgan fingerprint density at radius 3 is 2.61 bits per heavy atom. The van der Waals surface area contributed by atoms with Gasteiger partial charge in [0.15, 0.2) is 0 Å². The Labute approximate surface area is 168 Å². The number of anilines is 1. The molecule has 0 radical (unpaired) electrons. The van der Waals surface area contributed by atoms with Crippen molar-refractivity contribution in [3.8, 4) is 10.6 Å². The number of hydrogen-bond acceptors (Lipinski definition) is 5. The van der Waals surface area contributed by atoms with Crippen molar-refractivity contribution in [1.82, 2.24) is 19.8 Å². The zero-order valence-electron chi connectivity index (χ0n) is 16.9. The van der Waals surface area contributed by atoms with Crippen molar-refractivity contribution in [3.63, 3.8) is 0 Å². The molecular weight excluding hydrogens is 374 g/mol. The number of nitrogens with one attached hydrogen (secondary N) is 1. The number of aryl methyl sites for hydroxylation is 2. The van der Waals surface area contributed by atoms with Gasteiger partial charge in [-0.25, -0.2) is 14.8 Å². The molecule has 0 spiro atoms. The third-order valence-electron chi connectivity index (χ3n) is 5.48. The maximum Gasteiger partial charge on any atom is 0.322 e. The number of hydrogen-bond donors (Lipinski definition) is 1. The number of fused-ring (bicyclic) bond motifs is 1. The lowest BCUT2D eigenvalue weighted by atomic mass is 10.1. The van der Waals surface area contributed by atoms with E-state index in [-0.39, 0.29) is 18.0 Å². The summed E-state index contributed by atoms with van der Waals surface area (Å²) >= 11 is 1.57. The topological polar surface area (TPSA) is 78.4 Å². The maximum atomic E-state index is 13.2. The Hall–Kier alpha value is -2.48. The van der Waals surface area contributed by atoms with Gasteiger partial charge in [-0.05, 0) is 51.2 Å². The number of carbonyl (C=O) groups excluding carboxylic acids is 2. The molecule has 148 valence electrons. The van der Waals surface area contributed by atoms with Crippen LogP contribution in [0, 0.1) is 19.8 Å². The van der Waals surface area contributed by atoms with Gasteiger partial charge in [-0.2, -0.15) is 0 Å². The monoisotopic (exact) mass is 399 g/mol. The molecule has 1 aliphatic heterocycles. The quantitative estimate of drug-likeness (QED) is 0.851. The van der Waals surface area contributed by atoms with Crippen molar-refractivity contribution in [2.45, 2.75) is 46.2 Å². The standard InChI is InChI=1S/C20H25N5O2S/c1-10-17(28-12(3)21-10)15-8-14-9-25(11(2)13-6-7-13)19(26)16(14)18(22-15)23-20(27)24(4)5/h8,11,13H,6-7,9H2,1-5H3,(H,22,23,27)/t11-/m0/s1. The summed E-state index contributed by atoms with van der Waals surface area (Å²) in [6, 6.07) is 1.89. The number of urea groups is 1. The van der Waals surface area contributed by atoms with Crippen LogP contribution in [-0.4, -0.2) is 51.8 Å². The molecule has 3 amide bonds. The van der Waals surface area contributed by atoms with Crippen molar-refractivity contribution in [1.29, 1.82) is 0 Å². The molecule has 1 atom stereocenters. The van der Waals surface area contributed by atoms with Gasteiger partial charge in [0, 0.05) is 26.7 Å². The third kappa shape index (κ3) is 3.26. The average molecular weight is 400 g/mol. The largest absolute Gasteiger partial charge is 0.331 e. The predicted octanol–water partition coefficient (Wildman–Crippen LogP) is 3.67. The second-order valence-corrected chi connectivity index (χ2v) is 9.08. The number of rotatable bonds is 4. The molecule has 3 heterocycles. The second kappa shape index (κ2) is 6.84. The Kier molecular flexibility index (Phi) is 4.61. The molecular formula is C20H25N5O2S. The fourth-order valence-corrected chi connectivity index (χ4v) is 4.59. The zero-order valence-corrected chi connectivity index (χ0v) is 17.7. The van der Waals surface area contributed by atoms with Crippen LogP contribution in [0.15, 0.2) is 6.07 Å². The highest BCUT2D eigenvalue weighted by molar-refractivity contribution is 7.15. The lowest BCUT2D eigenvalue weighted by Gasteiger charge is -2.24. The van der Waals surface area contributed by atoms with Crippen LogP contribution >= 0.6 is 11.3 Å². The van der Waals surface area contributed by atoms with E-state index in [1.165, 1.54) is 17.7 Å². The molecule has 1 fully saturated rings. The van der Waals surface area contributed by atoms with Crippen LogP contribution in [0.5, 0.6) is 0 Å². The van der Waals surface area contributed by atoms with E-state index in [4.69, 9.17) is 0 Å². The summed E-state index contributed by atoms with van der Waals surface area (Å²) in [5.41, 5.74) is 3.10. The molecule has 4 rings (SSSR count). The summed E-state index contributed by atoms with van der Waals surface area (Å²) in [5.74, 6) is 0.878. The van der Waals surface area contributed by atoms with Crippen LogP contribution in [0.3, 0.4) is 0 Å². The summed E-state index contributed by atoms with van der Waals surface area (Å²) in [6.07, 6.45) is 2.35. The van der Waals surface area contributed by atoms with E-state index in [1.54, 1.807) is 25.4 Å². The first-order valence-electron chi connectivity index (χ1n) is 9.54. The summed E-state index contributed by atoms with van der Waals surface area (Å²) in [6.45, 7) is 6.60. The molecule has 1 aliphatic carbocycles. The smallest absolute Gasteiger partial charge is 0.322 e. The molecule has 0 aromatic carbocycles. The van der Waals surface area contributed by atoms with Crippen molar-refractivity contribution in [3.05, 3.63) is 27.9 Å². The van der Waals surface area contributed by atoms with E-state index in [1.807, 2.05) is 24.8 Å². The van der Waals surface area contributed by atoms with Gasteiger partial charge in [-0.15, -0.1) is 11.3 Å². The van der Waals surface area contributed by atoms with E-state index >= 15 is 0 Å². The Balaban J connectivity index is 1.79. The number of nitrogens with zero attached hydrogens (tertiary/aromatic N) is 4. The van der Waals surface area contributed by atoms with Crippen molar-refractivity contribution >= 4 is 29.1 Å². The third-order valence-corrected chi connectivity index (χ3v) is 6.58. The molecule has 2 aliphatic rings. The Bertz CT molecular complexity index is 964. The summed E-state index contributed by atoms with van der Waals surface area (Å²) in [5, 5.41) is 3.79. The molecule has 2 aromatic heterocycles. The van der Waals surface area contributed by atoms with Crippen LogP contribution in [0.4, 0.5) is 10.6 Å². The highest BCUT2D eigenvalue weighted by Crippen LogP contribution is 2.41. The van der Waals surface area contributed by atoms with E-state index in [9.17, 15) is 9.59 Å². The van der Waals surface area contributed by atoms with Gasteiger partial charge in [0.1, 0.15) is 5.82 Å². The van der Waals surface area contributed by atoms with E-state index in [0.717, 1.165) is 26.8 Å². The van der Waals surface area contributed by atoms with Crippen molar-refractivity contribution < 1.29 is 9.59 Å². The van der Waals surface area contributed by atoms with Gasteiger partial charge in [-0.3, -0.25) is 10.1 Å². The normalized spacial score (nSPS) is 16.9. The van der Waals surface area contributed by atoms with E-state index in [0.29, 0.717) is 23.8 Å². The SMILES string of the molecule is Cc1nc(C)c(-c2cc3c(c(NC(=O)N(C)C)n2)C(=O)N([C@@H](C)C2CC2)C3)s1. The number of aromatic nitrogens is 2. The molecule has 7 nitrogen and oxygen atoms in total. The number of pyridine rings is 1. The average Bonchev–Trinajstić information content (AvgIpc) is 3.35. The van der Waals surface area contributed by atoms with E-state index in [2.05, 4.69) is 22.2 Å². The van der Waals surface area contributed by atoms with Gasteiger partial charge >= 0.3 is 6.03 Å². The zero-order chi connectivity index (χ0) is 20.2. The summed E-state index contributed by atoms with van der Waals surface area (Å²) < 4.78 is 0. The van der Waals surface area contributed by atoms with Crippen LogP contribution in [0.1, 0.15) is 46.4 Å². The van der Waals surface area contributed by atoms with Gasteiger partial charge in [0.2, 0.25) is 0 Å². The predicted molar refractivity (Wildman–Crippen MR) is 110 cm³/mol. The van der Waals surface area contributed by atoms with Gasteiger partial charge in [0.25, 0.3) is 5.91 Å². The first-order chi connectivity index (χ1) is 13.3. The molecule has 2 aromatic rings. The maximum absolute atomic E-state index is 13.2. The Morgan fingerprint density at radius 1 is 1.32 bits per heavy atom. The fourth-order valence-electron chi connectivity index (χ4n) is 3.71. The minimum absolute atomic E-state index is 0.0419. The lowest BCUT2D eigenvalue weighted by Crippen LogP contribution is -2.35. The van der Waals surface area contributed by atoms with Crippen molar-refractivity contribution in [2.75, 3.05) is 19.4 Å². The van der Waals surface area contributed by atoms with E-state index < -0.39 is 0 Å². The minimum atomic E-state index is -0.300. The van der Waals surface area contributed by atoms with Gasteiger partial charge in [0.05, 0.1) is 26.8 Å². The molecule has 1 N–H and O–H groups in total. The van der Waals surface area contributed by atoms with Crippen LogP contribution < -0.4 is 5.32 Å². The fraction of sp³-hybridized carbons (Fsp3) is 0.500. The Morgan fingerprint density at radius 2 is 2.04 bits per heavy atom. The number of thiazole rings is 1. The molecule has 28 heavy (non-hydrogen) atoms. The first kappa shape index (κ1) is 18.9. The summed E-state index contributed by atoms with van der Waals surface area (Å²) in [7, 11) is 3.33. The molecule has 0 bridgehead atoms. The first-order valence-corrected chi connectivity index (χ1v) is 10.4. The highest BCUT2D eigenvalue weighted by atomic mass is 32.1. The number of carbonyl (C=O) groups is 2. The van der Waals surface area contributed by atoms with Gasteiger partial charge in [-0.1, -0.05) is 0 Å².